The highest BCUT2D eigenvalue weighted by molar-refractivity contribution is 5.76. The van der Waals surface area contributed by atoms with Gasteiger partial charge in [-0.1, -0.05) is 224 Å². The van der Waals surface area contributed by atoms with Crippen molar-refractivity contribution in [2.75, 3.05) is 6.61 Å². The van der Waals surface area contributed by atoms with Crippen molar-refractivity contribution in [2.45, 2.75) is 251 Å². The fourth-order valence-corrected chi connectivity index (χ4v) is 6.78. The molecule has 4 heteroatoms. The zero-order valence-corrected chi connectivity index (χ0v) is 33.2. The maximum Gasteiger partial charge on any atom is 0.220 e. The second-order valence-corrected chi connectivity index (χ2v) is 15.1. The van der Waals surface area contributed by atoms with Crippen molar-refractivity contribution in [3.05, 3.63) is 24.3 Å². The van der Waals surface area contributed by atoms with E-state index >= 15 is 0 Å². The van der Waals surface area contributed by atoms with E-state index < -0.39 is 12.1 Å². The van der Waals surface area contributed by atoms with Crippen LogP contribution in [-0.2, 0) is 4.79 Å². The van der Waals surface area contributed by atoms with E-state index in [0.29, 0.717) is 6.42 Å². The topological polar surface area (TPSA) is 69.6 Å². The van der Waals surface area contributed by atoms with Crippen molar-refractivity contribution >= 4 is 5.91 Å². The van der Waals surface area contributed by atoms with Gasteiger partial charge in [0.2, 0.25) is 5.91 Å². The molecule has 0 saturated carbocycles. The van der Waals surface area contributed by atoms with E-state index in [4.69, 9.17) is 0 Å². The third kappa shape index (κ3) is 37.9. The standard InChI is InChI=1S/C45H87NO3/c1-3-5-7-9-11-13-15-17-18-19-20-21-22-23-24-25-26-27-28-29-31-33-35-37-39-41-45(49)46-43(42-47)44(48)40-38-36-34-32-30-16-14-12-10-8-6-4-2/h30,32,38,40,43-44,47-48H,3-29,31,33-37,39,41-42H2,1-2H3,(H,46,49)/b32-30+,40-38+. The van der Waals surface area contributed by atoms with Crippen molar-refractivity contribution in [3.8, 4) is 0 Å². The molecule has 0 aromatic rings. The summed E-state index contributed by atoms with van der Waals surface area (Å²) >= 11 is 0. The summed E-state index contributed by atoms with van der Waals surface area (Å²) in [6, 6.07) is -0.633. The van der Waals surface area contributed by atoms with Gasteiger partial charge in [-0.25, -0.2) is 0 Å². The van der Waals surface area contributed by atoms with Gasteiger partial charge in [0.05, 0.1) is 18.8 Å². The quantitative estimate of drug-likeness (QED) is 0.0443. The molecular weight excluding hydrogens is 602 g/mol. The Bertz CT molecular complexity index is 705. The third-order valence-electron chi connectivity index (χ3n) is 10.2. The van der Waals surface area contributed by atoms with Gasteiger partial charge in [0.1, 0.15) is 0 Å². The van der Waals surface area contributed by atoms with Crippen LogP contribution in [0.15, 0.2) is 24.3 Å². The zero-order valence-electron chi connectivity index (χ0n) is 33.2. The Morgan fingerprint density at radius 3 is 1.18 bits per heavy atom. The third-order valence-corrected chi connectivity index (χ3v) is 10.2. The summed E-state index contributed by atoms with van der Waals surface area (Å²) in [5.41, 5.74) is 0. The van der Waals surface area contributed by atoms with Crippen LogP contribution in [0, 0.1) is 0 Å². The summed E-state index contributed by atoms with van der Waals surface area (Å²) in [4.78, 5) is 12.4. The van der Waals surface area contributed by atoms with Gasteiger partial charge in [0, 0.05) is 6.42 Å². The molecule has 0 fully saturated rings. The molecule has 0 heterocycles. The minimum Gasteiger partial charge on any atom is -0.394 e. The van der Waals surface area contributed by atoms with Crippen molar-refractivity contribution < 1.29 is 15.0 Å². The lowest BCUT2D eigenvalue weighted by Gasteiger charge is -2.19. The smallest absolute Gasteiger partial charge is 0.220 e. The van der Waals surface area contributed by atoms with Crippen LogP contribution in [0.3, 0.4) is 0 Å². The van der Waals surface area contributed by atoms with Gasteiger partial charge in [0.15, 0.2) is 0 Å². The Balaban J connectivity index is 3.49. The molecule has 0 spiro atoms. The lowest BCUT2D eigenvalue weighted by Crippen LogP contribution is -2.45. The van der Waals surface area contributed by atoms with Gasteiger partial charge in [-0.2, -0.15) is 0 Å². The highest BCUT2D eigenvalue weighted by atomic mass is 16.3. The first kappa shape index (κ1) is 47.9. The number of aliphatic hydroxyl groups is 2. The number of amides is 1. The lowest BCUT2D eigenvalue weighted by molar-refractivity contribution is -0.123. The monoisotopic (exact) mass is 690 g/mol. The van der Waals surface area contributed by atoms with E-state index in [1.165, 1.54) is 186 Å². The maximum atomic E-state index is 12.4. The van der Waals surface area contributed by atoms with E-state index in [9.17, 15) is 15.0 Å². The van der Waals surface area contributed by atoms with Gasteiger partial charge >= 0.3 is 0 Å². The summed E-state index contributed by atoms with van der Waals surface area (Å²) in [5.74, 6) is -0.0711. The van der Waals surface area contributed by atoms with Gasteiger partial charge in [-0.05, 0) is 32.1 Å². The number of allylic oxidation sites excluding steroid dienone is 3. The second-order valence-electron chi connectivity index (χ2n) is 15.1. The maximum absolute atomic E-state index is 12.4. The summed E-state index contributed by atoms with van der Waals surface area (Å²) < 4.78 is 0. The van der Waals surface area contributed by atoms with E-state index in [0.717, 1.165) is 32.1 Å². The molecule has 0 rings (SSSR count). The van der Waals surface area contributed by atoms with Crippen LogP contribution in [0.4, 0.5) is 0 Å². The first-order valence-electron chi connectivity index (χ1n) is 22.1. The van der Waals surface area contributed by atoms with Crippen LogP contribution in [0.25, 0.3) is 0 Å². The lowest BCUT2D eigenvalue weighted by atomic mass is 10.0. The number of hydrogen-bond acceptors (Lipinski definition) is 3. The number of aliphatic hydroxyl groups excluding tert-OH is 2. The normalized spacial score (nSPS) is 13.1. The first-order valence-corrected chi connectivity index (χ1v) is 22.1. The van der Waals surface area contributed by atoms with Crippen LogP contribution in [0.5, 0.6) is 0 Å². The fraction of sp³-hybridized carbons (Fsp3) is 0.889. The molecule has 0 bridgehead atoms. The highest BCUT2D eigenvalue weighted by Crippen LogP contribution is 2.16. The number of rotatable bonds is 40. The molecule has 4 nitrogen and oxygen atoms in total. The predicted molar refractivity (Wildman–Crippen MR) is 216 cm³/mol. The number of hydrogen-bond donors (Lipinski definition) is 3. The molecule has 49 heavy (non-hydrogen) atoms. The minimum atomic E-state index is -0.856. The SMILES string of the molecule is CCCCCCCC/C=C/CC/C=C/C(O)C(CO)NC(=O)CCCCCCCCCCCCCCCCCCCCCCCCCCC. The Kier molecular flexibility index (Phi) is 40.3. The van der Waals surface area contributed by atoms with Crippen LogP contribution in [0.1, 0.15) is 239 Å². The largest absolute Gasteiger partial charge is 0.394 e. The molecule has 0 aliphatic carbocycles. The molecule has 0 aliphatic rings. The van der Waals surface area contributed by atoms with Crippen molar-refractivity contribution in [3.63, 3.8) is 0 Å². The molecular formula is C45H87NO3. The highest BCUT2D eigenvalue weighted by Gasteiger charge is 2.17. The number of nitrogens with one attached hydrogen (secondary N) is 1. The van der Waals surface area contributed by atoms with E-state index in [2.05, 4.69) is 31.3 Å². The average molecular weight is 690 g/mol. The van der Waals surface area contributed by atoms with Gasteiger partial charge in [0.25, 0.3) is 0 Å². The number of carbonyl (C=O) groups excluding carboxylic acids is 1. The van der Waals surface area contributed by atoms with Crippen LogP contribution < -0.4 is 5.32 Å². The predicted octanol–water partition coefficient (Wildman–Crippen LogP) is 13.6. The zero-order chi connectivity index (χ0) is 35.7. The van der Waals surface area contributed by atoms with Crippen LogP contribution in [0.2, 0.25) is 0 Å². The molecule has 0 aromatic heterocycles. The van der Waals surface area contributed by atoms with Crippen LogP contribution >= 0.6 is 0 Å². The molecule has 0 saturated heterocycles. The second kappa shape index (κ2) is 41.3. The van der Waals surface area contributed by atoms with E-state index in [1.807, 2.05) is 6.08 Å². The number of carbonyl (C=O) groups is 1. The summed E-state index contributed by atoms with van der Waals surface area (Å²) in [6.07, 6.45) is 53.0. The molecule has 3 N–H and O–H groups in total. The summed E-state index contributed by atoms with van der Waals surface area (Å²) in [6.45, 7) is 4.29. The fourth-order valence-electron chi connectivity index (χ4n) is 6.78. The Morgan fingerprint density at radius 1 is 0.469 bits per heavy atom. The van der Waals surface area contributed by atoms with Gasteiger partial charge in [-0.15, -0.1) is 0 Å². The summed E-state index contributed by atoms with van der Waals surface area (Å²) in [7, 11) is 0. The van der Waals surface area contributed by atoms with Crippen molar-refractivity contribution in [1.82, 2.24) is 5.32 Å². The molecule has 1 amide bonds. The van der Waals surface area contributed by atoms with Gasteiger partial charge < -0.3 is 15.5 Å². The Labute approximate surface area is 307 Å². The molecule has 290 valence electrons. The van der Waals surface area contributed by atoms with Crippen molar-refractivity contribution in [2.24, 2.45) is 0 Å². The van der Waals surface area contributed by atoms with Crippen molar-refractivity contribution in [1.29, 1.82) is 0 Å². The van der Waals surface area contributed by atoms with Gasteiger partial charge in [-0.3, -0.25) is 4.79 Å². The van der Waals surface area contributed by atoms with Crippen LogP contribution in [-0.4, -0.2) is 34.9 Å². The summed E-state index contributed by atoms with van der Waals surface area (Å²) in [5, 5.41) is 22.9. The average Bonchev–Trinajstić information content (AvgIpc) is 3.10. The molecule has 2 unspecified atom stereocenters. The van der Waals surface area contributed by atoms with E-state index in [-0.39, 0.29) is 12.5 Å². The minimum absolute atomic E-state index is 0.0711. The molecule has 0 aromatic carbocycles. The molecule has 0 aliphatic heterocycles. The number of unbranched alkanes of at least 4 members (excludes halogenated alkanes) is 31. The molecule has 0 radical (unpaired) electrons. The van der Waals surface area contributed by atoms with E-state index in [1.54, 1.807) is 6.08 Å². The Hall–Kier alpha value is -1.13. The Morgan fingerprint density at radius 2 is 0.796 bits per heavy atom. The molecule has 2 atom stereocenters. The first-order chi connectivity index (χ1) is 24.2.